The Morgan fingerprint density at radius 2 is 1.07 bits per heavy atom. The van der Waals surface area contributed by atoms with E-state index in [0.717, 1.165) is 46.5 Å². The van der Waals surface area contributed by atoms with Crippen LogP contribution in [0.2, 0.25) is 0 Å². The number of fused-ring (bicyclic) bond motifs is 2. The van der Waals surface area contributed by atoms with E-state index in [4.69, 9.17) is 0 Å². The fraction of sp³-hybridized carbons (Fsp3) is 0.231. The summed E-state index contributed by atoms with van der Waals surface area (Å²) < 4.78 is 0. The number of hydrogen-bond acceptors (Lipinski definition) is 4. The lowest BCUT2D eigenvalue weighted by Crippen LogP contribution is -2.32. The fourth-order valence-corrected chi connectivity index (χ4v) is 4.55. The van der Waals surface area contributed by atoms with Gasteiger partial charge in [-0.3, -0.25) is 9.59 Å². The summed E-state index contributed by atoms with van der Waals surface area (Å²) in [5, 5.41) is 6.89. The highest BCUT2D eigenvalue weighted by Crippen LogP contribution is 2.35. The van der Waals surface area contributed by atoms with Crippen LogP contribution in [0, 0.1) is 11.8 Å². The number of ketones is 2. The molecule has 0 fully saturated rings. The first-order valence-corrected chi connectivity index (χ1v) is 10.5. The zero-order valence-corrected chi connectivity index (χ0v) is 16.7. The second-order valence-electron chi connectivity index (χ2n) is 8.19. The Balaban J connectivity index is 1.36. The molecular formula is C26H24N2O2. The monoisotopic (exact) mass is 396 g/mol. The maximum atomic E-state index is 12.9. The first-order chi connectivity index (χ1) is 14.7. The molecule has 2 atom stereocenters. The van der Waals surface area contributed by atoms with Gasteiger partial charge in [0.05, 0.1) is 0 Å². The summed E-state index contributed by atoms with van der Waals surface area (Å²) in [6.07, 6.45) is 1.45. The molecule has 2 N–H and O–H groups in total. The maximum absolute atomic E-state index is 12.9. The number of anilines is 2. The molecule has 0 saturated heterocycles. The van der Waals surface area contributed by atoms with Crippen molar-refractivity contribution in [2.45, 2.75) is 12.8 Å². The third-order valence-electron chi connectivity index (χ3n) is 6.20. The molecule has 0 bridgehead atoms. The summed E-state index contributed by atoms with van der Waals surface area (Å²) in [5.74, 6) is 0.218. The lowest BCUT2D eigenvalue weighted by atomic mass is 9.83. The number of nitrogens with one attached hydrogen (secondary N) is 2. The molecule has 2 aliphatic heterocycles. The lowest BCUT2D eigenvalue weighted by Gasteiger charge is -2.30. The second kappa shape index (κ2) is 7.79. The number of Topliss-reactive ketones (excluding diaryl/α,β-unsaturated/α-hetero) is 2. The molecule has 30 heavy (non-hydrogen) atoms. The van der Waals surface area contributed by atoms with Crippen LogP contribution in [-0.2, 0) is 12.8 Å². The average molecular weight is 396 g/mol. The van der Waals surface area contributed by atoms with E-state index in [1.54, 1.807) is 0 Å². The van der Waals surface area contributed by atoms with Crippen LogP contribution in [-0.4, -0.2) is 24.7 Å². The third-order valence-corrected chi connectivity index (χ3v) is 6.20. The zero-order chi connectivity index (χ0) is 20.5. The van der Waals surface area contributed by atoms with Gasteiger partial charge < -0.3 is 10.6 Å². The van der Waals surface area contributed by atoms with Gasteiger partial charge in [-0.1, -0.05) is 66.7 Å². The van der Waals surface area contributed by atoms with Crippen LogP contribution >= 0.6 is 0 Å². The number of benzene rings is 3. The minimum absolute atomic E-state index is 0.0729. The molecule has 3 aromatic rings. The Morgan fingerprint density at radius 1 is 0.633 bits per heavy atom. The Hall–Kier alpha value is -3.40. The predicted octanol–water partition coefficient (Wildman–Crippen LogP) is 4.62. The van der Waals surface area contributed by atoms with Crippen molar-refractivity contribution in [2.24, 2.45) is 11.8 Å². The van der Waals surface area contributed by atoms with Gasteiger partial charge in [0, 0.05) is 47.4 Å². The molecule has 0 aromatic heterocycles. The van der Waals surface area contributed by atoms with Crippen LogP contribution in [0.4, 0.5) is 11.4 Å². The van der Waals surface area contributed by atoms with Crippen molar-refractivity contribution >= 4 is 22.9 Å². The highest BCUT2D eigenvalue weighted by atomic mass is 16.1. The van der Waals surface area contributed by atoms with Gasteiger partial charge >= 0.3 is 0 Å². The van der Waals surface area contributed by atoms with Crippen LogP contribution in [0.5, 0.6) is 0 Å². The molecule has 0 spiro atoms. The van der Waals surface area contributed by atoms with Gasteiger partial charge in [-0.05, 0) is 30.0 Å². The molecule has 150 valence electrons. The van der Waals surface area contributed by atoms with Gasteiger partial charge in [0.2, 0.25) is 0 Å². The highest BCUT2D eigenvalue weighted by molar-refractivity contribution is 5.99. The fourth-order valence-electron chi connectivity index (χ4n) is 4.55. The van der Waals surface area contributed by atoms with E-state index in [2.05, 4.69) is 22.8 Å². The van der Waals surface area contributed by atoms with E-state index >= 15 is 0 Å². The Labute approximate surface area is 176 Å². The summed E-state index contributed by atoms with van der Waals surface area (Å²) in [7, 11) is 0. The van der Waals surface area contributed by atoms with Gasteiger partial charge in [0.1, 0.15) is 0 Å². The number of hydrogen-bond donors (Lipinski definition) is 2. The molecule has 0 radical (unpaired) electrons. The summed E-state index contributed by atoms with van der Waals surface area (Å²) in [6.45, 7) is 1.29. The van der Waals surface area contributed by atoms with Crippen LogP contribution in [0.25, 0.3) is 0 Å². The van der Waals surface area contributed by atoms with Crippen molar-refractivity contribution in [3.8, 4) is 0 Å². The van der Waals surface area contributed by atoms with Crippen molar-refractivity contribution < 1.29 is 9.59 Å². The van der Waals surface area contributed by atoms with Crippen LogP contribution in [0.1, 0.15) is 31.8 Å². The van der Waals surface area contributed by atoms with Crippen molar-refractivity contribution in [1.82, 2.24) is 0 Å². The molecule has 0 unspecified atom stereocenters. The van der Waals surface area contributed by atoms with Gasteiger partial charge in [-0.15, -0.1) is 0 Å². The summed E-state index contributed by atoms with van der Waals surface area (Å²) >= 11 is 0. The first-order valence-electron chi connectivity index (χ1n) is 10.5. The Bertz CT molecular complexity index is 1010. The molecule has 2 heterocycles. The first kappa shape index (κ1) is 18.6. The minimum atomic E-state index is -0.0729. The SMILES string of the molecule is O=C(c1ccccc1)[C@@H]1CNc2cc3c(cc2C1)C[C@H](C(=O)c1ccccc1)CN3. The van der Waals surface area contributed by atoms with Gasteiger partial charge in [0.25, 0.3) is 0 Å². The lowest BCUT2D eigenvalue weighted by molar-refractivity contribution is 0.0918. The molecule has 3 aromatic carbocycles. The molecule has 0 saturated carbocycles. The van der Waals surface area contributed by atoms with E-state index in [0.29, 0.717) is 13.1 Å². The summed E-state index contributed by atoms with van der Waals surface area (Å²) in [4.78, 5) is 25.8. The van der Waals surface area contributed by atoms with Crippen molar-refractivity contribution in [1.29, 1.82) is 0 Å². The quantitative estimate of drug-likeness (QED) is 0.632. The smallest absolute Gasteiger partial charge is 0.168 e. The Kier molecular flexibility index (Phi) is 4.83. The highest BCUT2D eigenvalue weighted by Gasteiger charge is 2.29. The second-order valence-corrected chi connectivity index (χ2v) is 8.19. The van der Waals surface area contributed by atoms with E-state index in [1.165, 1.54) is 0 Å². The third kappa shape index (κ3) is 3.50. The minimum Gasteiger partial charge on any atom is -0.384 e. The number of rotatable bonds is 4. The molecule has 0 aliphatic carbocycles. The van der Waals surface area contributed by atoms with Crippen LogP contribution in [0.15, 0.2) is 72.8 Å². The number of carbonyl (C=O) groups excluding carboxylic acids is 2. The normalized spacial score (nSPS) is 19.6. The Morgan fingerprint density at radius 3 is 1.50 bits per heavy atom. The predicted molar refractivity (Wildman–Crippen MR) is 119 cm³/mol. The van der Waals surface area contributed by atoms with E-state index in [1.807, 2.05) is 60.7 Å². The topological polar surface area (TPSA) is 58.2 Å². The standard InChI is InChI=1S/C26H24N2O2/c29-25(17-7-3-1-4-8-17)21-12-19-11-20-13-22(26(30)18-9-5-2-6-10-18)16-28-24(20)14-23(19)27-15-21/h1-11,14,21-22,27-28H,12-13,15-16H2/t21-,22-/m0/s1. The zero-order valence-electron chi connectivity index (χ0n) is 16.7. The summed E-state index contributed by atoms with van der Waals surface area (Å²) in [6, 6.07) is 23.3. The van der Waals surface area contributed by atoms with E-state index in [9.17, 15) is 9.59 Å². The average Bonchev–Trinajstić information content (AvgIpc) is 2.82. The van der Waals surface area contributed by atoms with Crippen molar-refractivity contribution in [3.63, 3.8) is 0 Å². The van der Waals surface area contributed by atoms with Crippen LogP contribution in [0.3, 0.4) is 0 Å². The largest absolute Gasteiger partial charge is 0.384 e. The van der Waals surface area contributed by atoms with Crippen LogP contribution < -0.4 is 10.6 Å². The summed E-state index contributed by atoms with van der Waals surface area (Å²) in [5.41, 5.74) is 6.02. The van der Waals surface area contributed by atoms with Crippen molar-refractivity contribution in [3.05, 3.63) is 95.1 Å². The molecule has 4 nitrogen and oxygen atoms in total. The molecular weight excluding hydrogens is 372 g/mol. The van der Waals surface area contributed by atoms with E-state index in [-0.39, 0.29) is 23.4 Å². The van der Waals surface area contributed by atoms with E-state index < -0.39 is 0 Å². The molecule has 4 heteroatoms. The van der Waals surface area contributed by atoms with Crippen molar-refractivity contribution in [2.75, 3.05) is 23.7 Å². The molecule has 2 aliphatic rings. The number of carbonyl (C=O) groups is 2. The molecule has 5 rings (SSSR count). The van der Waals surface area contributed by atoms with Gasteiger partial charge in [-0.25, -0.2) is 0 Å². The molecule has 0 amide bonds. The van der Waals surface area contributed by atoms with Gasteiger partial charge in [-0.2, -0.15) is 0 Å². The maximum Gasteiger partial charge on any atom is 0.168 e. The van der Waals surface area contributed by atoms with Gasteiger partial charge in [0.15, 0.2) is 11.6 Å².